The lowest BCUT2D eigenvalue weighted by molar-refractivity contribution is -0.386. The lowest BCUT2D eigenvalue weighted by Crippen LogP contribution is -2.34. The van der Waals surface area contributed by atoms with E-state index in [9.17, 15) is 20.0 Å². The molecule has 0 saturated carbocycles. The van der Waals surface area contributed by atoms with Crippen molar-refractivity contribution in [2.75, 3.05) is 0 Å². The molecule has 0 unspecified atom stereocenters. The fourth-order valence-corrected chi connectivity index (χ4v) is 3.49. The van der Waals surface area contributed by atoms with Crippen molar-refractivity contribution in [3.05, 3.63) is 91.7 Å². The molecule has 0 saturated heterocycles. The van der Waals surface area contributed by atoms with Gasteiger partial charge in [0.25, 0.3) is 0 Å². The Morgan fingerprint density at radius 1 is 1.14 bits per heavy atom. The maximum absolute atomic E-state index is 12.9. The molecule has 144 valence electrons. The van der Waals surface area contributed by atoms with Crippen molar-refractivity contribution in [2.24, 2.45) is 0 Å². The molecule has 0 aliphatic heterocycles. The van der Waals surface area contributed by atoms with Crippen LogP contribution in [0.15, 0.2) is 59.1 Å². The van der Waals surface area contributed by atoms with Gasteiger partial charge < -0.3 is 5.11 Å². The van der Waals surface area contributed by atoms with Crippen LogP contribution in [0.25, 0.3) is 0 Å². The number of benzene rings is 2. The minimum atomic E-state index is -1.47. The van der Waals surface area contributed by atoms with Gasteiger partial charge in [-0.3, -0.25) is 19.6 Å². The number of carbonyl (C=O) groups excluding carboxylic acids is 1. The zero-order valence-electron chi connectivity index (χ0n) is 15.2. The van der Waals surface area contributed by atoms with Gasteiger partial charge in [-0.2, -0.15) is 5.10 Å². The number of nitrogens with zero attached hydrogens (tertiary/aromatic N) is 3. The molecule has 3 aromatic rings. The van der Waals surface area contributed by atoms with E-state index in [2.05, 4.69) is 21.0 Å². The minimum absolute atomic E-state index is 0.124. The van der Waals surface area contributed by atoms with Crippen LogP contribution in [0.3, 0.4) is 0 Å². The van der Waals surface area contributed by atoms with Gasteiger partial charge in [0.1, 0.15) is 23.5 Å². The molecule has 7 nitrogen and oxygen atoms in total. The molecular weight excluding hydrogens is 426 g/mol. The first-order valence-corrected chi connectivity index (χ1v) is 9.33. The maximum atomic E-state index is 12.9. The van der Waals surface area contributed by atoms with Crippen LogP contribution >= 0.6 is 15.9 Å². The van der Waals surface area contributed by atoms with Crippen molar-refractivity contribution in [3.63, 3.8) is 0 Å². The van der Waals surface area contributed by atoms with Gasteiger partial charge in [0.15, 0.2) is 5.78 Å². The quantitative estimate of drug-likeness (QED) is 0.352. The molecule has 28 heavy (non-hydrogen) atoms. The van der Waals surface area contributed by atoms with Gasteiger partial charge in [-0.1, -0.05) is 58.4 Å². The highest BCUT2D eigenvalue weighted by molar-refractivity contribution is 9.10. The number of rotatable bonds is 6. The number of aromatic nitrogens is 2. The molecule has 1 N–H and O–H groups in total. The van der Waals surface area contributed by atoms with Crippen molar-refractivity contribution in [1.29, 1.82) is 0 Å². The molecule has 0 bridgehead atoms. The Balaban J connectivity index is 2.14. The van der Waals surface area contributed by atoms with E-state index in [1.807, 2.05) is 0 Å². The first-order chi connectivity index (χ1) is 13.3. The van der Waals surface area contributed by atoms with E-state index >= 15 is 0 Å². The Morgan fingerprint density at radius 2 is 1.75 bits per heavy atom. The van der Waals surface area contributed by atoms with Crippen molar-refractivity contribution in [1.82, 2.24) is 9.78 Å². The highest BCUT2D eigenvalue weighted by Crippen LogP contribution is 2.31. The Kier molecular flexibility index (Phi) is 5.71. The number of aliphatic hydroxyl groups is 1. The van der Waals surface area contributed by atoms with E-state index < -0.39 is 22.9 Å². The summed E-state index contributed by atoms with van der Waals surface area (Å²) >= 11 is 3.36. The average Bonchev–Trinajstić information content (AvgIpc) is 2.97. The van der Waals surface area contributed by atoms with E-state index in [0.29, 0.717) is 11.1 Å². The predicted molar refractivity (Wildman–Crippen MR) is 107 cm³/mol. The number of nitro groups is 1. The molecule has 8 heteroatoms. The van der Waals surface area contributed by atoms with Crippen molar-refractivity contribution >= 4 is 27.4 Å². The maximum Gasteiger partial charge on any atom is 0.312 e. The van der Waals surface area contributed by atoms with Crippen molar-refractivity contribution in [2.45, 2.75) is 26.0 Å². The van der Waals surface area contributed by atoms with E-state index in [1.165, 1.54) is 11.6 Å². The minimum Gasteiger partial charge on any atom is -0.382 e. The molecule has 0 fully saturated rings. The van der Waals surface area contributed by atoms with Crippen molar-refractivity contribution in [3.8, 4) is 0 Å². The van der Waals surface area contributed by atoms with Crippen LogP contribution in [0.5, 0.6) is 0 Å². The molecule has 0 spiro atoms. The SMILES string of the molecule is Cc1nn([C@@H](c2ccc(Br)cc2)[C@H](O)C(=O)c2ccccc2)c(C)c1[N+](=O)[O-]. The third kappa shape index (κ3) is 3.74. The molecule has 3 rings (SSSR count). The molecule has 0 aliphatic rings. The molecule has 0 radical (unpaired) electrons. The van der Waals surface area contributed by atoms with E-state index in [1.54, 1.807) is 61.5 Å². The van der Waals surface area contributed by atoms with E-state index in [4.69, 9.17) is 0 Å². The lowest BCUT2D eigenvalue weighted by Gasteiger charge is -2.24. The number of aliphatic hydroxyl groups excluding tert-OH is 1. The number of Topliss-reactive ketones (excluding diaryl/α,β-unsaturated/α-hetero) is 1. The summed E-state index contributed by atoms with van der Waals surface area (Å²) in [7, 11) is 0. The van der Waals surface area contributed by atoms with Crippen molar-refractivity contribution < 1.29 is 14.8 Å². The zero-order valence-corrected chi connectivity index (χ0v) is 16.8. The second kappa shape index (κ2) is 8.04. The van der Waals surface area contributed by atoms with Gasteiger partial charge in [0.05, 0.1) is 4.92 Å². The molecule has 0 aliphatic carbocycles. The largest absolute Gasteiger partial charge is 0.382 e. The van der Waals surface area contributed by atoms with Gasteiger partial charge in [-0.05, 0) is 31.5 Å². The lowest BCUT2D eigenvalue weighted by atomic mass is 9.95. The summed E-state index contributed by atoms with van der Waals surface area (Å²) in [5, 5.41) is 26.7. The molecule has 1 heterocycles. The van der Waals surface area contributed by atoms with Gasteiger partial charge in [-0.15, -0.1) is 0 Å². The smallest absolute Gasteiger partial charge is 0.312 e. The highest BCUT2D eigenvalue weighted by Gasteiger charge is 2.34. The standard InChI is InChI=1S/C20H18BrN3O4/c1-12-17(24(27)28)13(2)23(22-12)18(14-8-10-16(21)11-9-14)20(26)19(25)15-6-4-3-5-7-15/h3-11,18,20,26H,1-2H3/t18-,20-/m0/s1. The Labute approximate surface area is 169 Å². The van der Waals surface area contributed by atoms with Gasteiger partial charge >= 0.3 is 5.69 Å². The zero-order chi connectivity index (χ0) is 20.4. The Hall–Kier alpha value is -2.84. The van der Waals surface area contributed by atoms with E-state index in [-0.39, 0.29) is 17.1 Å². The second-order valence-corrected chi connectivity index (χ2v) is 7.31. The third-order valence-electron chi connectivity index (χ3n) is 4.57. The van der Waals surface area contributed by atoms with Crippen LogP contribution in [-0.2, 0) is 0 Å². The summed E-state index contributed by atoms with van der Waals surface area (Å²) in [6.07, 6.45) is -1.47. The van der Waals surface area contributed by atoms with Gasteiger partial charge in [0.2, 0.25) is 0 Å². The van der Waals surface area contributed by atoms with Crippen LogP contribution in [0.2, 0.25) is 0 Å². The number of halogens is 1. The third-order valence-corrected chi connectivity index (χ3v) is 5.10. The van der Waals surface area contributed by atoms with Crippen LogP contribution in [0, 0.1) is 24.0 Å². The molecule has 2 atom stereocenters. The van der Waals surface area contributed by atoms with Crippen LogP contribution < -0.4 is 0 Å². The first kappa shape index (κ1) is 19.9. The summed E-state index contributed by atoms with van der Waals surface area (Å²) < 4.78 is 2.19. The highest BCUT2D eigenvalue weighted by atomic mass is 79.9. The number of hydrogen-bond donors (Lipinski definition) is 1. The van der Waals surface area contributed by atoms with E-state index in [0.717, 1.165) is 4.47 Å². The van der Waals surface area contributed by atoms with Crippen LogP contribution in [0.4, 0.5) is 5.69 Å². The van der Waals surface area contributed by atoms with Gasteiger partial charge in [-0.25, -0.2) is 0 Å². The predicted octanol–water partition coefficient (Wildman–Crippen LogP) is 4.00. The summed E-state index contributed by atoms with van der Waals surface area (Å²) in [6.45, 7) is 3.09. The second-order valence-electron chi connectivity index (χ2n) is 6.39. The topological polar surface area (TPSA) is 98.3 Å². The number of ketones is 1. The number of hydrogen-bond acceptors (Lipinski definition) is 5. The van der Waals surface area contributed by atoms with Crippen LogP contribution in [-0.4, -0.2) is 31.7 Å². The average molecular weight is 444 g/mol. The number of carbonyl (C=O) groups is 1. The fraction of sp³-hybridized carbons (Fsp3) is 0.200. The first-order valence-electron chi connectivity index (χ1n) is 8.54. The fourth-order valence-electron chi connectivity index (χ4n) is 3.22. The summed E-state index contributed by atoms with van der Waals surface area (Å²) in [4.78, 5) is 23.8. The molecule has 2 aromatic carbocycles. The summed E-state index contributed by atoms with van der Waals surface area (Å²) in [5.74, 6) is -0.483. The summed E-state index contributed by atoms with van der Waals surface area (Å²) in [6, 6.07) is 14.6. The molecule has 0 amide bonds. The Bertz CT molecular complexity index is 1020. The summed E-state index contributed by atoms with van der Waals surface area (Å²) in [5.41, 5.74) is 1.34. The number of aryl methyl sites for hydroxylation is 1. The van der Waals surface area contributed by atoms with Gasteiger partial charge in [0, 0.05) is 10.0 Å². The molecule has 1 aromatic heterocycles. The monoisotopic (exact) mass is 443 g/mol. The van der Waals surface area contributed by atoms with Crippen LogP contribution in [0.1, 0.15) is 33.4 Å². The Morgan fingerprint density at radius 3 is 2.29 bits per heavy atom. The molecular formula is C20H18BrN3O4. The normalized spacial score (nSPS) is 13.1.